The van der Waals surface area contributed by atoms with Gasteiger partial charge in [0.15, 0.2) is 5.96 Å². The molecule has 62 valence electrons. The molecule has 0 aliphatic carbocycles. The van der Waals surface area contributed by atoms with Crippen LogP contribution in [0.5, 0.6) is 0 Å². The average Bonchev–Trinajstić information content (AvgIpc) is 2.01. The van der Waals surface area contributed by atoms with Gasteiger partial charge in [0.25, 0.3) is 0 Å². The van der Waals surface area contributed by atoms with Crippen molar-refractivity contribution in [2.45, 2.75) is 19.8 Å². The molecule has 0 radical (unpaired) electrons. The van der Waals surface area contributed by atoms with Crippen molar-refractivity contribution < 1.29 is 0 Å². The van der Waals surface area contributed by atoms with E-state index in [1.165, 1.54) is 0 Å². The van der Waals surface area contributed by atoms with Crippen molar-refractivity contribution in [1.29, 1.82) is 5.26 Å². The van der Waals surface area contributed by atoms with E-state index in [9.17, 15) is 0 Å². The van der Waals surface area contributed by atoms with Crippen LogP contribution in [0.1, 0.15) is 19.8 Å². The van der Waals surface area contributed by atoms with Gasteiger partial charge in [0.05, 0.1) is 12.5 Å². The summed E-state index contributed by atoms with van der Waals surface area (Å²) in [6.07, 6.45) is 1.45. The highest BCUT2D eigenvalue weighted by molar-refractivity contribution is 5.77. The van der Waals surface area contributed by atoms with E-state index in [2.05, 4.69) is 10.3 Å². The summed E-state index contributed by atoms with van der Waals surface area (Å²) >= 11 is 0. The molecule has 11 heavy (non-hydrogen) atoms. The number of nitrogens with two attached hydrogens (primary N) is 1. The van der Waals surface area contributed by atoms with Gasteiger partial charge in [-0.1, -0.05) is 6.92 Å². The number of hydrogen-bond donors (Lipinski definition) is 2. The van der Waals surface area contributed by atoms with Gasteiger partial charge >= 0.3 is 0 Å². The van der Waals surface area contributed by atoms with Crippen LogP contribution < -0.4 is 11.1 Å². The smallest absolute Gasteiger partial charge is 0.188 e. The molecule has 0 heterocycles. The Morgan fingerprint density at radius 3 is 3.00 bits per heavy atom. The van der Waals surface area contributed by atoms with Crippen LogP contribution in [-0.4, -0.2) is 19.0 Å². The zero-order valence-corrected chi connectivity index (χ0v) is 6.80. The molecule has 0 fully saturated rings. The second kappa shape index (κ2) is 6.87. The van der Waals surface area contributed by atoms with Crippen molar-refractivity contribution in [3.63, 3.8) is 0 Å². The second-order valence-electron chi connectivity index (χ2n) is 2.10. The van der Waals surface area contributed by atoms with Gasteiger partial charge in [-0.05, 0) is 6.42 Å². The maximum absolute atomic E-state index is 8.18. The normalized spacial score (nSPS) is 10.7. The van der Waals surface area contributed by atoms with E-state index in [1.54, 1.807) is 0 Å². The van der Waals surface area contributed by atoms with Crippen LogP contribution in [0.2, 0.25) is 0 Å². The highest BCUT2D eigenvalue weighted by atomic mass is 15.1. The molecule has 0 aliphatic heterocycles. The van der Waals surface area contributed by atoms with Crippen LogP contribution in [0.15, 0.2) is 4.99 Å². The minimum absolute atomic E-state index is 0.433. The molecular weight excluding hydrogens is 140 g/mol. The van der Waals surface area contributed by atoms with Gasteiger partial charge in [-0.25, -0.2) is 0 Å². The summed E-state index contributed by atoms with van der Waals surface area (Å²) in [5.41, 5.74) is 5.43. The Morgan fingerprint density at radius 1 is 1.73 bits per heavy atom. The first-order valence-corrected chi connectivity index (χ1v) is 3.72. The largest absolute Gasteiger partial charge is 0.370 e. The minimum Gasteiger partial charge on any atom is -0.370 e. The lowest BCUT2D eigenvalue weighted by molar-refractivity contribution is 0.859. The van der Waals surface area contributed by atoms with Crippen LogP contribution in [0.3, 0.4) is 0 Å². The fraction of sp³-hybridized carbons (Fsp3) is 0.714. The predicted molar refractivity (Wildman–Crippen MR) is 45.0 cm³/mol. The first-order chi connectivity index (χ1) is 5.31. The minimum atomic E-state index is 0.433. The number of nitrogens with one attached hydrogen (secondary N) is 1. The van der Waals surface area contributed by atoms with Gasteiger partial charge in [-0.2, -0.15) is 5.26 Å². The maximum atomic E-state index is 8.18. The standard InChI is InChI=1S/C7H14N4/c1-2-5-10-7(9)11-6-3-4-8/h2-3,5-6H2,1H3,(H3,9,10,11). The summed E-state index contributed by atoms with van der Waals surface area (Å²) in [4.78, 5) is 3.99. The Bertz CT molecular complexity index is 156. The van der Waals surface area contributed by atoms with E-state index >= 15 is 0 Å². The topological polar surface area (TPSA) is 74.2 Å². The van der Waals surface area contributed by atoms with E-state index in [0.29, 0.717) is 18.9 Å². The van der Waals surface area contributed by atoms with Crippen molar-refractivity contribution in [2.24, 2.45) is 10.7 Å². The lowest BCUT2D eigenvalue weighted by Crippen LogP contribution is -2.32. The molecule has 0 aromatic heterocycles. The highest BCUT2D eigenvalue weighted by Gasteiger charge is 1.87. The molecule has 0 bridgehead atoms. The zero-order chi connectivity index (χ0) is 8.53. The Labute approximate surface area is 67.1 Å². The summed E-state index contributed by atoms with van der Waals surface area (Å²) in [7, 11) is 0. The molecule has 4 nitrogen and oxygen atoms in total. The van der Waals surface area contributed by atoms with Crippen molar-refractivity contribution in [2.75, 3.05) is 13.1 Å². The van der Waals surface area contributed by atoms with E-state index in [4.69, 9.17) is 11.0 Å². The molecular formula is C7H14N4. The molecule has 0 atom stereocenters. The summed E-state index contributed by atoms with van der Waals surface area (Å²) in [6.45, 7) is 3.35. The molecule has 0 spiro atoms. The summed E-state index contributed by atoms with van der Waals surface area (Å²) in [5.74, 6) is 0.433. The van der Waals surface area contributed by atoms with Gasteiger partial charge in [-0.3, -0.25) is 4.99 Å². The average molecular weight is 154 g/mol. The molecule has 4 heteroatoms. The third-order valence-corrected chi connectivity index (χ3v) is 1.05. The molecule has 0 aliphatic rings. The molecule has 0 rings (SSSR count). The molecule has 0 aromatic rings. The molecule has 0 amide bonds. The number of nitriles is 1. The summed E-state index contributed by atoms with van der Waals surface area (Å²) in [5, 5.41) is 11.0. The lowest BCUT2D eigenvalue weighted by Gasteiger charge is -2.00. The number of aliphatic imine (C=N–C) groups is 1. The zero-order valence-electron chi connectivity index (χ0n) is 6.80. The van der Waals surface area contributed by atoms with Crippen molar-refractivity contribution in [1.82, 2.24) is 5.32 Å². The number of hydrogen-bond acceptors (Lipinski definition) is 2. The molecule has 0 unspecified atom stereocenters. The van der Waals surface area contributed by atoms with E-state index in [0.717, 1.165) is 13.0 Å². The van der Waals surface area contributed by atoms with Gasteiger partial charge in [0.2, 0.25) is 0 Å². The van der Waals surface area contributed by atoms with Crippen LogP contribution in [0, 0.1) is 11.3 Å². The van der Waals surface area contributed by atoms with Crippen molar-refractivity contribution in [3.8, 4) is 6.07 Å². The summed E-state index contributed by atoms with van der Waals surface area (Å²) < 4.78 is 0. The lowest BCUT2D eigenvalue weighted by atomic mass is 10.5. The predicted octanol–water partition coefficient (Wildman–Crippen LogP) is 0.214. The molecule has 0 saturated heterocycles. The van der Waals surface area contributed by atoms with E-state index in [1.807, 2.05) is 13.0 Å². The summed E-state index contributed by atoms with van der Waals surface area (Å²) in [6, 6.07) is 2.01. The van der Waals surface area contributed by atoms with Crippen LogP contribution >= 0.6 is 0 Å². The van der Waals surface area contributed by atoms with Gasteiger partial charge in [0, 0.05) is 13.1 Å². The Hall–Kier alpha value is -1.24. The third-order valence-electron chi connectivity index (χ3n) is 1.05. The van der Waals surface area contributed by atoms with Crippen LogP contribution in [-0.2, 0) is 0 Å². The van der Waals surface area contributed by atoms with E-state index < -0.39 is 0 Å². The number of rotatable bonds is 4. The first-order valence-electron chi connectivity index (χ1n) is 3.72. The maximum Gasteiger partial charge on any atom is 0.188 e. The van der Waals surface area contributed by atoms with Crippen molar-refractivity contribution >= 4 is 5.96 Å². The Kier molecular flexibility index (Phi) is 6.10. The number of nitrogens with zero attached hydrogens (tertiary/aromatic N) is 2. The second-order valence-corrected chi connectivity index (χ2v) is 2.10. The third kappa shape index (κ3) is 6.65. The van der Waals surface area contributed by atoms with E-state index in [-0.39, 0.29) is 0 Å². The monoisotopic (exact) mass is 154 g/mol. The Balaban J connectivity index is 3.36. The van der Waals surface area contributed by atoms with Crippen LogP contribution in [0.4, 0.5) is 0 Å². The molecule has 0 aromatic carbocycles. The SMILES string of the molecule is CCCN=C(N)NCCC#N. The van der Waals surface area contributed by atoms with Gasteiger partial charge < -0.3 is 11.1 Å². The molecule has 0 saturated carbocycles. The fourth-order valence-electron chi connectivity index (χ4n) is 0.535. The fourth-order valence-corrected chi connectivity index (χ4v) is 0.535. The quantitative estimate of drug-likeness (QED) is 0.345. The van der Waals surface area contributed by atoms with Crippen molar-refractivity contribution in [3.05, 3.63) is 0 Å². The van der Waals surface area contributed by atoms with Crippen LogP contribution in [0.25, 0.3) is 0 Å². The number of guanidine groups is 1. The molecule has 3 N–H and O–H groups in total. The highest BCUT2D eigenvalue weighted by Crippen LogP contribution is 1.76. The first kappa shape index (κ1) is 9.76. The Morgan fingerprint density at radius 2 is 2.45 bits per heavy atom. The van der Waals surface area contributed by atoms with Gasteiger partial charge in [0.1, 0.15) is 0 Å². The van der Waals surface area contributed by atoms with Gasteiger partial charge in [-0.15, -0.1) is 0 Å².